The van der Waals surface area contributed by atoms with Gasteiger partial charge >= 0.3 is 0 Å². The maximum Gasteiger partial charge on any atom is 0.0135 e. The van der Waals surface area contributed by atoms with Crippen molar-refractivity contribution in [1.29, 1.82) is 0 Å². The summed E-state index contributed by atoms with van der Waals surface area (Å²) >= 11 is 0. The van der Waals surface area contributed by atoms with E-state index in [1.807, 2.05) is 7.05 Å². The molecular weight excluding hydrogens is 134 g/mol. The van der Waals surface area contributed by atoms with E-state index >= 15 is 0 Å². The van der Waals surface area contributed by atoms with Gasteiger partial charge in [0.05, 0.1) is 0 Å². The van der Waals surface area contributed by atoms with Gasteiger partial charge in [-0.1, -0.05) is 25.2 Å². The molecule has 1 saturated carbocycles. The van der Waals surface area contributed by atoms with Crippen molar-refractivity contribution < 1.29 is 0 Å². The Labute approximate surface area is 69.6 Å². The first kappa shape index (κ1) is 8.46. The fourth-order valence-electron chi connectivity index (χ4n) is 1.68. The van der Waals surface area contributed by atoms with Crippen LogP contribution in [0.15, 0.2) is 0 Å². The molecule has 0 heterocycles. The molecule has 1 nitrogen and oxygen atoms in total. The number of rotatable bonds is 1. The summed E-state index contributed by atoms with van der Waals surface area (Å²) in [5.74, 6) is 4.04. The van der Waals surface area contributed by atoms with Gasteiger partial charge in [0.15, 0.2) is 0 Å². The first-order valence-corrected chi connectivity index (χ1v) is 4.58. The van der Waals surface area contributed by atoms with Crippen molar-refractivity contribution in [2.45, 2.75) is 38.5 Å². The Balaban J connectivity index is 2.14. The molecule has 0 unspecified atom stereocenters. The predicted molar refractivity (Wildman–Crippen MR) is 48.0 cm³/mol. The second-order valence-electron chi connectivity index (χ2n) is 3.26. The Hall–Kier alpha value is -0.640. The molecule has 1 N–H and O–H groups in total. The Kier molecular flexibility index (Phi) is 3.90. The van der Waals surface area contributed by atoms with Crippen LogP contribution >= 0.6 is 0 Å². The average Bonchev–Trinajstić information content (AvgIpc) is 2.07. The van der Waals surface area contributed by atoms with Gasteiger partial charge in [0, 0.05) is 19.5 Å². The van der Waals surface area contributed by atoms with E-state index in [1.54, 1.807) is 0 Å². The minimum Gasteiger partial charge on any atom is -0.349 e. The standard InChI is InChI=1S/C10H17N/c1-11-9-5-8-10-6-3-2-4-7-10/h10-11H,2-4,6-8H2,1H3. The highest BCUT2D eigenvalue weighted by Crippen LogP contribution is 2.25. The molecule has 0 aliphatic heterocycles. The largest absolute Gasteiger partial charge is 0.349 e. The van der Waals surface area contributed by atoms with Crippen molar-refractivity contribution in [3.63, 3.8) is 0 Å². The van der Waals surface area contributed by atoms with Crippen LogP contribution in [0.25, 0.3) is 0 Å². The van der Waals surface area contributed by atoms with E-state index in [2.05, 4.69) is 17.3 Å². The van der Waals surface area contributed by atoms with E-state index in [-0.39, 0.29) is 0 Å². The van der Waals surface area contributed by atoms with Crippen LogP contribution in [0.1, 0.15) is 38.5 Å². The smallest absolute Gasteiger partial charge is 0.0135 e. The summed E-state index contributed by atoms with van der Waals surface area (Å²) in [5.41, 5.74) is 0. The zero-order valence-corrected chi connectivity index (χ0v) is 7.32. The SMILES string of the molecule is CNC#CCC1CCCCC1. The lowest BCUT2D eigenvalue weighted by molar-refractivity contribution is 0.365. The minimum absolute atomic E-state index is 0.893. The van der Waals surface area contributed by atoms with Crippen molar-refractivity contribution >= 4 is 0 Å². The van der Waals surface area contributed by atoms with Crippen LogP contribution in [0.3, 0.4) is 0 Å². The van der Waals surface area contributed by atoms with Crippen molar-refractivity contribution in [2.75, 3.05) is 7.05 Å². The normalized spacial score (nSPS) is 18.6. The maximum absolute atomic E-state index is 3.14. The number of nitrogens with one attached hydrogen (secondary N) is 1. The van der Waals surface area contributed by atoms with E-state index in [4.69, 9.17) is 0 Å². The average molecular weight is 151 g/mol. The molecule has 1 aliphatic rings. The quantitative estimate of drug-likeness (QED) is 0.447. The second kappa shape index (κ2) is 5.07. The molecule has 62 valence electrons. The van der Waals surface area contributed by atoms with Gasteiger partial charge in [-0.15, -0.1) is 0 Å². The second-order valence-corrected chi connectivity index (χ2v) is 3.26. The Bertz CT molecular complexity index is 146. The van der Waals surface area contributed by atoms with Crippen LogP contribution in [0.2, 0.25) is 0 Å². The van der Waals surface area contributed by atoms with Crippen LogP contribution in [0.4, 0.5) is 0 Å². The summed E-state index contributed by atoms with van der Waals surface area (Å²) in [6.07, 6.45) is 8.19. The van der Waals surface area contributed by atoms with Gasteiger partial charge in [-0.3, -0.25) is 0 Å². The van der Waals surface area contributed by atoms with E-state index in [0.717, 1.165) is 12.3 Å². The highest BCUT2D eigenvalue weighted by atomic mass is 14.8. The molecule has 0 amide bonds. The Morgan fingerprint density at radius 1 is 1.27 bits per heavy atom. The van der Waals surface area contributed by atoms with Gasteiger partial charge in [0.25, 0.3) is 0 Å². The van der Waals surface area contributed by atoms with Crippen LogP contribution in [-0.4, -0.2) is 7.05 Å². The number of hydrogen-bond acceptors (Lipinski definition) is 1. The third-order valence-corrected chi connectivity index (χ3v) is 2.33. The molecule has 1 fully saturated rings. The predicted octanol–water partition coefficient (Wildman–Crippen LogP) is 2.14. The summed E-state index contributed by atoms with van der Waals surface area (Å²) in [6, 6.07) is 2.90. The van der Waals surface area contributed by atoms with Crippen molar-refractivity contribution in [3.8, 4) is 12.0 Å². The zero-order chi connectivity index (χ0) is 7.94. The molecule has 0 atom stereocenters. The minimum atomic E-state index is 0.893. The maximum atomic E-state index is 3.14. The lowest BCUT2D eigenvalue weighted by atomic mass is 9.87. The van der Waals surface area contributed by atoms with Gasteiger partial charge < -0.3 is 5.32 Å². The molecule has 1 heteroatoms. The van der Waals surface area contributed by atoms with Gasteiger partial charge in [-0.05, 0) is 18.8 Å². The zero-order valence-electron chi connectivity index (χ0n) is 7.32. The monoisotopic (exact) mass is 151 g/mol. The molecule has 0 aromatic carbocycles. The highest BCUT2D eigenvalue weighted by molar-refractivity contribution is 4.97. The molecule has 0 aromatic heterocycles. The third kappa shape index (κ3) is 3.32. The molecule has 0 spiro atoms. The molecule has 1 aliphatic carbocycles. The lowest BCUT2D eigenvalue weighted by Crippen LogP contribution is -2.05. The van der Waals surface area contributed by atoms with Crippen LogP contribution in [0.5, 0.6) is 0 Å². The molecule has 1 rings (SSSR count). The van der Waals surface area contributed by atoms with Crippen molar-refractivity contribution in [2.24, 2.45) is 5.92 Å². The Morgan fingerprint density at radius 2 is 2.00 bits per heavy atom. The fourth-order valence-corrected chi connectivity index (χ4v) is 1.68. The van der Waals surface area contributed by atoms with E-state index < -0.39 is 0 Å². The topological polar surface area (TPSA) is 12.0 Å². The molecule has 0 aromatic rings. The first-order chi connectivity index (χ1) is 5.43. The first-order valence-electron chi connectivity index (χ1n) is 4.58. The van der Waals surface area contributed by atoms with Gasteiger partial charge in [0.1, 0.15) is 0 Å². The Morgan fingerprint density at radius 3 is 2.64 bits per heavy atom. The van der Waals surface area contributed by atoms with E-state index in [0.29, 0.717) is 0 Å². The van der Waals surface area contributed by atoms with E-state index in [1.165, 1.54) is 32.1 Å². The summed E-state index contributed by atoms with van der Waals surface area (Å²) in [5, 5.41) is 2.85. The summed E-state index contributed by atoms with van der Waals surface area (Å²) in [6.45, 7) is 0. The summed E-state index contributed by atoms with van der Waals surface area (Å²) in [7, 11) is 1.87. The van der Waals surface area contributed by atoms with Gasteiger partial charge in [-0.25, -0.2) is 0 Å². The van der Waals surface area contributed by atoms with Gasteiger partial charge in [0.2, 0.25) is 0 Å². The van der Waals surface area contributed by atoms with Crippen molar-refractivity contribution in [3.05, 3.63) is 0 Å². The van der Waals surface area contributed by atoms with Crippen LogP contribution < -0.4 is 5.32 Å². The molecule has 0 saturated heterocycles. The van der Waals surface area contributed by atoms with E-state index in [9.17, 15) is 0 Å². The lowest BCUT2D eigenvalue weighted by Gasteiger charge is -2.18. The molecule has 11 heavy (non-hydrogen) atoms. The molecule has 0 bridgehead atoms. The fraction of sp³-hybridized carbons (Fsp3) is 0.800. The highest BCUT2D eigenvalue weighted by Gasteiger charge is 2.11. The van der Waals surface area contributed by atoms with Crippen molar-refractivity contribution in [1.82, 2.24) is 5.32 Å². The molecule has 0 radical (unpaired) electrons. The van der Waals surface area contributed by atoms with Gasteiger partial charge in [-0.2, -0.15) is 0 Å². The molecular formula is C10H17N. The summed E-state index contributed by atoms with van der Waals surface area (Å²) in [4.78, 5) is 0. The number of hydrogen-bond donors (Lipinski definition) is 1. The summed E-state index contributed by atoms with van der Waals surface area (Å²) < 4.78 is 0. The van der Waals surface area contributed by atoms with Crippen LogP contribution in [-0.2, 0) is 0 Å². The third-order valence-electron chi connectivity index (χ3n) is 2.33. The van der Waals surface area contributed by atoms with Crippen LogP contribution in [0, 0.1) is 17.9 Å².